The third kappa shape index (κ3) is 5.92. The normalized spacial score (nSPS) is 11.5. The maximum atomic E-state index is 6.62. The molecule has 2 aromatic heterocycles. The van der Waals surface area contributed by atoms with Crippen molar-refractivity contribution in [2.75, 3.05) is 0 Å². The van der Waals surface area contributed by atoms with Crippen molar-refractivity contribution in [2.24, 2.45) is 0 Å². The molecule has 0 N–H and O–H groups in total. The van der Waals surface area contributed by atoms with E-state index in [0.717, 1.165) is 77.4 Å². The summed E-state index contributed by atoms with van der Waals surface area (Å²) >= 11 is 0. The number of aromatic nitrogens is 3. The van der Waals surface area contributed by atoms with Crippen LogP contribution in [0.2, 0.25) is 0 Å². The molecule has 0 radical (unpaired) electrons. The number of rotatable bonds is 6. The van der Waals surface area contributed by atoms with Gasteiger partial charge in [-0.25, -0.2) is 15.0 Å². The number of furan rings is 1. The lowest BCUT2D eigenvalue weighted by molar-refractivity contribution is 0.670. The zero-order valence-electron chi connectivity index (χ0n) is 30.8. The second-order valence-corrected chi connectivity index (χ2v) is 14.4. The smallest absolute Gasteiger partial charge is 0.164 e. The molecule has 0 bridgehead atoms. The molecule has 0 atom stereocenters. The average Bonchev–Trinajstić information content (AvgIpc) is 3.66. The van der Waals surface area contributed by atoms with E-state index in [2.05, 4.69) is 170 Å². The van der Waals surface area contributed by atoms with Crippen LogP contribution >= 0.6 is 0 Å². The van der Waals surface area contributed by atoms with Crippen LogP contribution in [0, 0.1) is 0 Å². The van der Waals surface area contributed by atoms with Gasteiger partial charge in [0, 0.05) is 33.0 Å². The van der Waals surface area contributed by atoms with Crippen LogP contribution in [0.15, 0.2) is 205 Å². The maximum Gasteiger partial charge on any atom is 0.164 e. The number of hydrogen-bond acceptors (Lipinski definition) is 4. The topological polar surface area (TPSA) is 51.8 Å². The van der Waals surface area contributed by atoms with Gasteiger partial charge in [0.2, 0.25) is 0 Å². The number of benzene rings is 9. The van der Waals surface area contributed by atoms with Gasteiger partial charge in [0.1, 0.15) is 11.2 Å². The van der Waals surface area contributed by atoms with E-state index in [1.807, 2.05) is 30.3 Å². The van der Waals surface area contributed by atoms with E-state index in [4.69, 9.17) is 19.4 Å². The van der Waals surface area contributed by atoms with Crippen molar-refractivity contribution in [2.45, 2.75) is 0 Å². The summed E-state index contributed by atoms with van der Waals surface area (Å²) in [6.45, 7) is 0. The van der Waals surface area contributed by atoms with Crippen LogP contribution in [0.1, 0.15) is 0 Å². The lowest BCUT2D eigenvalue weighted by atomic mass is 9.94. The molecule has 11 aromatic rings. The Bertz CT molecular complexity index is 3260. The first kappa shape index (κ1) is 32.7. The van der Waals surface area contributed by atoms with Crippen molar-refractivity contribution in [3.05, 3.63) is 200 Å². The summed E-state index contributed by atoms with van der Waals surface area (Å²) in [6, 6.07) is 70.0. The maximum absolute atomic E-state index is 6.62. The van der Waals surface area contributed by atoms with E-state index >= 15 is 0 Å². The van der Waals surface area contributed by atoms with E-state index in [1.54, 1.807) is 0 Å². The van der Waals surface area contributed by atoms with Crippen molar-refractivity contribution in [1.82, 2.24) is 15.0 Å². The Kier molecular flexibility index (Phi) is 7.78. The minimum Gasteiger partial charge on any atom is -0.455 e. The predicted molar refractivity (Wildman–Crippen MR) is 235 cm³/mol. The molecule has 57 heavy (non-hydrogen) atoms. The largest absolute Gasteiger partial charge is 0.455 e. The van der Waals surface area contributed by atoms with E-state index in [1.165, 1.54) is 16.2 Å². The van der Waals surface area contributed by atoms with Gasteiger partial charge in [-0.3, -0.25) is 0 Å². The van der Waals surface area contributed by atoms with E-state index < -0.39 is 0 Å². The van der Waals surface area contributed by atoms with Gasteiger partial charge in [-0.05, 0) is 73.6 Å². The van der Waals surface area contributed by atoms with Crippen LogP contribution < -0.4 is 0 Å². The highest BCUT2D eigenvalue weighted by atomic mass is 16.3. The molecule has 0 aliphatic carbocycles. The Morgan fingerprint density at radius 3 is 1.46 bits per heavy atom. The van der Waals surface area contributed by atoms with Crippen molar-refractivity contribution < 1.29 is 4.42 Å². The van der Waals surface area contributed by atoms with Crippen LogP contribution in [0.5, 0.6) is 0 Å². The highest BCUT2D eigenvalue weighted by Crippen LogP contribution is 2.42. The Labute approximate surface area is 329 Å². The van der Waals surface area contributed by atoms with E-state index in [0.29, 0.717) is 17.5 Å². The Morgan fingerprint density at radius 1 is 0.281 bits per heavy atom. The highest BCUT2D eigenvalue weighted by Gasteiger charge is 2.17. The molecular formula is C53H33N3O. The molecule has 0 saturated carbocycles. The third-order valence-corrected chi connectivity index (χ3v) is 10.9. The summed E-state index contributed by atoms with van der Waals surface area (Å²) in [4.78, 5) is 14.9. The first-order valence-electron chi connectivity index (χ1n) is 19.2. The quantitative estimate of drug-likeness (QED) is 0.171. The van der Waals surface area contributed by atoms with Gasteiger partial charge in [-0.15, -0.1) is 0 Å². The molecule has 4 nitrogen and oxygen atoms in total. The number of fused-ring (bicyclic) bond motifs is 5. The molecule has 9 aromatic carbocycles. The van der Waals surface area contributed by atoms with Gasteiger partial charge < -0.3 is 4.42 Å². The summed E-state index contributed by atoms with van der Waals surface area (Å²) in [7, 11) is 0. The summed E-state index contributed by atoms with van der Waals surface area (Å²) in [5.74, 6) is 1.94. The molecule has 266 valence electrons. The number of hydrogen-bond donors (Lipinski definition) is 0. The molecule has 2 heterocycles. The number of nitrogens with zero attached hydrogens (tertiary/aromatic N) is 3. The lowest BCUT2D eigenvalue weighted by Gasteiger charge is -2.10. The summed E-state index contributed by atoms with van der Waals surface area (Å²) in [6.07, 6.45) is 0. The molecule has 4 heteroatoms. The molecule has 0 amide bonds. The Balaban J connectivity index is 0.923. The van der Waals surface area contributed by atoms with Crippen LogP contribution in [-0.4, -0.2) is 15.0 Å². The first-order valence-corrected chi connectivity index (χ1v) is 19.2. The van der Waals surface area contributed by atoms with E-state index in [9.17, 15) is 0 Å². The summed E-state index contributed by atoms with van der Waals surface area (Å²) in [5.41, 5.74) is 11.5. The fourth-order valence-electron chi connectivity index (χ4n) is 7.99. The van der Waals surface area contributed by atoms with Crippen LogP contribution in [0.4, 0.5) is 0 Å². The molecule has 0 aliphatic rings. The van der Waals surface area contributed by atoms with Crippen molar-refractivity contribution in [3.63, 3.8) is 0 Å². The van der Waals surface area contributed by atoms with Gasteiger partial charge in [0.15, 0.2) is 17.5 Å². The molecule has 0 spiro atoms. The summed E-state index contributed by atoms with van der Waals surface area (Å²) in [5, 5.41) is 6.96. The zero-order chi connectivity index (χ0) is 37.7. The minimum absolute atomic E-state index is 0.639. The highest BCUT2D eigenvalue weighted by molar-refractivity contribution is 6.18. The van der Waals surface area contributed by atoms with Gasteiger partial charge in [-0.1, -0.05) is 176 Å². The Hall–Kier alpha value is -7.69. The Morgan fingerprint density at radius 2 is 0.772 bits per heavy atom. The van der Waals surface area contributed by atoms with Gasteiger partial charge in [-0.2, -0.15) is 0 Å². The predicted octanol–water partition coefficient (Wildman–Crippen LogP) is 14.1. The van der Waals surface area contributed by atoms with Crippen molar-refractivity contribution in [1.29, 1.82) is 0 Å². The molecule has 0 unspecified atom stereocenters. The van der Waals surface area contributed by atoms with Gasteiger partial charge in [0.25, 0.3) is 0 Å². The van der Waals surface area contributed by atoms with Crippen molar-refractivity contribution in [3.8, 4) is 67.5 Å². The molecule has 0 aliphatic heterocycles. The lowest BCUT2D eigenvalue weighted by Crippen LogP contribution is -2.00. The fraction of sp³-hybridized carbons (Fsp3) is 0. The van der Waals surface area contributed by atoms with Crippen LogP contribution in [0.3, 0.4) is 0 Å². The summed E-state index contributed by atoms with van der Waals surface area (Å²) < 4.78 is 6.62. The standard InChI is InChI=1S/C53H33N3O/c1-3-12-38(13-4-1)49-45-18-10-9-17-43(45)33-47-46-32-42(29-30-48(46)57-50(47)49)37-21-19-35(20-22-37)36-23-26-40(27-24-36)52-54-51(39-14-5-2-6-15-39)55-53(56-52)44-28-25-34-11-7-8-16-41(34)31-44/h1-33H. The van der Waals surface area contributed by atoms with E-state index in [-0.39, 0.29) is 0 Å². The average molecular weight is 728 g/mol. The third-order valence-electron chi connectivity index (χ3n) is 10.9. The minimum atomic E-state index is 0.639. The monoisotopic (exact) mass is 727 g/mol. The SMILES string of the molecule is c1ccc(-c2nc(-c3ccc(-c4ccc(-c5ccc6oc7c(-c8ccccc8)c8ccccc8cc7c6c5)cc4)cc3)nc(-c3ccc4ccccc4c3)n2)cc1. The molecule has 11 rings (SSSR count). The molecule has 0 saturated heterocycles. The van der Waals surface area contributed by atoms with Crippen LogP contribution in [-0.2, 0) is 0 Å². The molecule has 0 fully saturated rings. The van der Waals surface area contributed by atoms with Gasteiger partial charge in [0.05, 0.1) is 0 Å². The second kappa shape index (κ2) is 13.6. The molecular weight excluding hydrogens is 695 g/mol. The van der Waals surface area contributed by atoms with Crippen LogP contribution in [0.25, 0.3) is 111 Å². The first-order chi connectivity index (χ1) is 28.2. The second-order valence-electron chi connectivity index (χ2n) is 14.4. The zero-order valence-corrected chi connectivity index (χ0v) is 30.8. The fourth-order valence-corrected chi connectivity index (χ4v) is 7.99. The van der Waals surface area contributed by atoms with Crippen molar-refractivity contribution >= 4 is 43.5 Å². The van der Waals surface area contributed by atoms with Gasteiger partial charge >= 0.3 is 0 Å².